The summed E-state index contributed by atoms with van der Waals surface area (Å²) in [4.78, 5) is 24.4. The van der Waals surface area contributed by atoms with Crippen LogP contribution in [-0.2, 0) is 29.2 Å². The Hall–Kier alpha value is -0.150. The number of hydrogen-bond donors (Lipinski definition) is 0. The molecular weight excluding hydrogens is 407 g/mol. The fraction of sp³-hybridized carbons (Fsp3) is 0.900. The summed E-state index contributed by atoms with van der Waals surface area (Å²) in [5.74, 6) is -3.08. The summed E-state index contributed by atoms with van der Waals surface area (Å²) in [6.07, 6.45) is 4.85. The predicted molar refractivity (Wildman–Crippen MR) is 107 cm³/mol. The van der Waals surface area contributed by atoms with Crippen LogP contribution < -0.4 is 29.6 Å². The molecule has 3 unspecified atom stereocenters. The van der Waals surface area contributed by atoms with Crippen molar-refractivity contribution in [2.45, 2.75) is 90.7 Å². The maximum Gasteiger partial charge on any atom is 1.00 e. The Morgan fingerprint density at radius 2 is 1.48 bits per heavy atom. The van der Waals surface area contributed by atoms with Crippen molar-refractivity contribution in [2.75, 3.05) is 13.2 Å². The van der Waals surface area contributed by atoms with Gasteiger partial charge in [-0.3, -0.25) is 9.59 Å². The van der Waals surface area contributed by atoms with Crippen LogP contribution in [0.4, 0.5) is 0 Å². The molecule has 0 aliphatic heterocycles. The van der Waals surface area contributed by atoms with E-state index >= 15 is 0 Å². The summed E-state index contributed by atoms with van der Waals surface area (Å²) in [7, 11) is -5.17. The first-order chi connectivity index (χ1) is 13.9. The Labute approximate surface area is 201 Å². The molecule has 3 atom stereocenters. The second kappa shape index (κ2) is 17.5. The third-order valence-corrected chi connectivity index (χ3v) is 5.76. The normalized spacial score (nSPS) is 15.9. The average Bonchev–Trinajstić information content (AvgIpc) is 2.65. The Balaban J connectivity index is 0. The molecule has 0 radical (unpaired) electrons. The molecule has 0 aromatic heterocycles. The van der Waals surface area contributed by atoms with Crippen LogP contribution >= 0.6 is 0 Å². The molecule has 0 aromatic rings. The Morgan fingerprint density at radius 1 is 0.966 bits per heavy atom. The van der Waals surface area contributed by atoms with Crippen molar-refractivity contribution in [1.29, 1.82) is 0 Å². The van der Waals surface area contributed by atoms with E-state index in [1.54, 1.807) is 6.92 Å². The van der Waals surface area contributed by atoms with Crippen LogP contribution in [0.1, 0.15) is 88.2 Å². The topological polar surface area (TPSA) is 110 Å². The fourth-order valence-electron chi connectivity index (χ4n) is 2.63. The maximum atomic E-state index is 12.2. The summed E-state index contributed by atoms with van der Waals surface area (Å²) < 4.78 is 60.5. The predicted octanol–water partition coefficient (Wildman–Crippen LogP) is 0.814. The summed E-state index contributed by atoms with van der Waals surface area (Å²) in [6, 6.07) is 0. The molecule has 166 valence electrons. The van der Waals surface area contributed by atoms with Crippen molar-refractivity contribution >= 4 is 22.1 Å². The van der Waals surface area contributed by atoms with Gasteiger partial charge >= 0.3 is 41.5 Å². The fourth-order valence-corrected chi connectivity index (χ4v) is 3.28. The van der Waals surface area contributed by atoms with Gasteiger partial charge in [-0.05, 0) is 24.7 Å². The van der Waals surface area contributed by atoms with E-state index in [-0.39, 0.29) is 42.1 Å². The minimum absolute atomic E-state index is 0. The molecule has 0 heterocycles. The van der Waals surface area contributed by atoms with Gasteiger partial charge in [0.05, 0.1) is 22.3 Å². The number of unbranched alkanes of at least 4 members (excludes halogenated alkanes) is 2. The van der Waals surface area contributed by atoms with Gasteiger partial charge < -0.3 is 14.0 Å². The average molecular weight is 447 g/mol. The van der Waals surface area contributed by atoms with Crippen molar-refractivity contribution in [1.82, 2.24) is 0 Å². The van der Waals surface area contributed by atoms with Crippen molar-refractivity contribution in [3.05, 3.63) is 0 Å². The molecule has 0 spiro atoms. The van der Waals surface area contributed by atoms with Gasteiger partial charge in [-0.2, -0.15) is 0 Å². The minimum Gasteiger partial charge on any atom is -0.747 e. The van der Waals surface area contributed by atoms with E-state index in [4.69, 9.17) is 12.2 Å². The van der Waals surface area contributed by atoms with Gasteiger partial charge in [0.25, 0.3) is 0 Å². The van der Waals surface area contributed by atoms with E-state index in [0.29, 0.717) is 12.8 Å². The number of esters is 2. The third kappa shape index (κ3) is 14.5. The van der Waals surface area contributed by atoms with Crippen molar-refractivity contribution in [2.24, 2.45) is 11.8 Å². The molecule has 0 amide bonds. The molecule has 0 rings (SSSR count). The number of rotatable bonds is 16. The van der Waals surface area contributed by atoms with Crippen LogP contribution in [0, 0.1) is 11.8 Å². The molecule has 0 aromatic carbocycles. The van der Waals surface area contributed by atoms with Crippen LogP contribution in [0.3, 0.4) is 0 Å². The molecule has 0 N–H and O–H groups in total. The smallest absolute Gasteiger partial charge is 0.747 e. The number of ether oxygens (including phenoxy) is 2. The molecule has 9 heteroatoms. The van der Waals surface area contributed by atoms with E-state index in [2.05, 4.69) is 0 Å². The van der Waals surface area contributed by atoms with E-state index in [1.807, 2.05) is 20.8 Å². The van der Waals surface area contributed by atoms with Crippen LogP contribution in [0.15, 0.2) is 0 Å². The Kier molecular flexibility index (Phi) is 16.2. The first kappa shape index (κ1) is 26.9. The van der Waals surface area contributed by atoms with Gasteiger partial charge in [-0.15, -0.1) is 0 Å². The number of carbonyl (C=O) groups is 2. The summed E-state index contributed by atoms with van der Waals surface area (Å²) in [5.41, 5.74) is 0. The summed E-state index contributed by atoms with van der Waals surface area (Å²) >= 11 is 0. The van der Waals surface area contributed by atoms with Crippen molar-refractivity contribution < 1.29 is 64.3 Å². The van der Waals surface area contributed by atoms with Gasteiger partial charge in [-0.25, -0.2) is 8.42 Å². The van der Waals surface area contributed by atoms with Crippen LogP contribution in [0.25, 0.3) is 0 Å². The van der Waals surface area contributed by atoms with Crippen LogP contribution in [-0.4, -0.2) is 43.3 Å². The van der Waals surface area contributed by atoms with Gasteiger partial charge in [-0.1, -0.05) is 66.2 Å². The molecule has 0 bridgehead atoms. The molecule has 0 saturated carbocycles. The number of hydrogen-bond acceptors (Lipinski definition) is 7. The van der Waals surface area contributed by atoms with Gasteiger partial charge in [0.2, 0.25) is 0 Å². The van der Waals surface area contributed by atoms with Crippen molar-refractivity contribution in [3.63, 3.8) is 0 Å². The summed E-state index contributed by atoms with van der Waals surface area (Å²) in [5, 5.41) is -2.25. The molecule has 0 aliphatic carbocycles. The monoisotopic (exact) mass is 446 g/mol. The van der Waals surface area contributed by atoms with E-state index in [9.17, 15) is 22.6 Å². The Bertz CT molecular complexity index is 629. The zero-order valence-corrected chi connectivity index (χ0v) is 21.4. The third-order valence-electron chi connectivity index (χ3n) is 4.71. The van der Waals surface area contributed by atoms with Crippen LogP contribution in [0.5, 0.6) is 0 Å². The quantitative estimate of drug-likeness (QED) is 0.196. The second-order valence-corrected chi connectivity index (χ2v) is 8.63. The van der Waals surface area contributed by atoms with E-state index in [0.717, 1.165) is 38.5 Å². The van der Waals surface area contributed by atoms with Gasteiger partial charge in [0.15, 0.2) is 5.25 Å². The first-order valence-corrected chi connectivity index (χ1v) is 11.7. The largest absolute Gasteiger partial charge is 1.00 e. The second-order valence-electron chi connectivity index (χ2n) is 7.07. The first-order valence-electron chi connectivity index (χ1n) is 11.3. The zero-order valence-electron chi connectivity index (χ0n) is 20.6. The van der Waals surface area contributed by atoms with Gasteiger partial charge in [0, 0.05) is 0 Å². The number of carbonyl (C=O) groups excluding carboxylic acids is 2. The van der Waals surface area contributed by atoms with E-state index in [1.165, 1.54) is 0 Å². The molecular formula is C20H37NaO7S. The zero-order chi connectivity index (χ0) is 23.4. The standard InChI is InChI=1S/C20H38O7S.Na/c1-5-9-11-16(7-3)14-26-19(21)13-18(28(23,24)25)20(22)27-15-17(8-4)12-10-6-2;/h16-18H,5-15H2,1-4H3,(H,23,24,25);/q;+1/p-1/i14D2;. The molecule has 0 aliphatic rings. The molecule has 0 fully saturated rings. The van der Waals surface area contributed by atoms with Crippen LogP contribution in [0.2, 0.25) is 0 Å². The van der Waals surface area contributed by atoms with Crippen molar-refractivity contribution in [3.8, 4) is 0 Å². The molecule has 7 nitrogen and oxygen atoms in total. The minimum atomic E-state index is -5.17. The van der Waals surface area contributed by atoms with E-state index < -0.39 is 46.2 Å². The molecule has 29 heavy (non-hydrogen) atoms. The maximum absolute atomic E-state index is 12.2. The summed E-state index contributed by atoms with van der Waals surface area (Å²) in [6.45, 7) is 5.29. The molecule has 0 saturated heterocycles. The van der Waals surface area contributed by atoms with Gasteiger partial charge in [0.1, 0.15) is 10.1 Å². The Morgan fingerprint density at radius 3 is 1.93 bits per heavy atom. The SMILES string of the molecule is [2H]C([2H])(OC(=O)CC(C(=O)OCC(CC)CCCC)S(=O)(=O)[O-])C(CC)CCCC.[Na+].